The maximum absolute atomic E-state index is 12.7. The van der Waals surface area contributed by atoms with Crippen LogP contribution in [0.5, 0.6) is 0 Å². The number of carbonyl (C=O) groups excluding carboxylic acids is 2. The molecular formula is C33H38Br4N2O2. The Morgan fingerprint density at radius 3 is 1.37 bits per heavy atom. The maximum atomic E-state index is 12.7. The van der Waals surface area contributed by atoms with Crippen molar-refractivity contribution in [1.82, 2.24) is 4.90 Å². The largest absolute Gasteiger partial charge is 1.00 e. The molecule has 0 amide bonds. The van der Waals surface area contributed by atoms with Crippen molar-refractivity contribution in [2.24, 2.45) is 0 Å². The van der Waals surface area contributed by atoms with Crippen LogP contribution in [0.1, 0.15) is 43.0 Å². The van der Waals surface area contributed by atoms with E-state index in [1.165, 1.54) is 11.1 Å². The van der Waals surface area contributed by atoms with Gasteiger partial charge in [0.05, 0.1) is 20.6 Å². The summed E-state index contributed by atoms with van der Waals surface area (Å²) in [5.41, 5.74) is 5.27. The quantitative estimate of drug-likeness (QED) is 0.165. The van der Waals surface area contributed by atoms with Crippen LogP contribution in [0.4, 0.5) is 0 Å². The summed E-state index contributed by atoms with van der Waals surface area (Å²) >= 11 is 0. The molecule has 0 aliphatic rings. The van der Waals surface area contributed by atoms with E-state index in [0.29, 0.717) is 16.7 Å². The molecule has 41 heavy (non-hydrogen) atoms. The summed E-state index contributed by atoms with van der Waals surface area (Å²) in [5, 5.41) is 0. The standard InChI is InChI=1S/C33H35N2O2.4BrH/c1-34(24-26-14-18-30(19-15-26)32(36)28-10-6-4-7-11-28)22-23-35(2,3)25-27-16-20-31(21-17-27)33(37)29-12-8-5-9-13-29;;;;/h4-21H,22-25H2,1-3H3;4*1H/q+1;;;;/p-1. The van der Waals surface area contributed by atoms with Gasteiger partial charge < -0.3 is 21.5 Å². The van der Waals surface area contributed by atoms with E-state index < -0.39 is 0 Å². The molecule has 0 N–H and O–H groups in total. The van der Waals surface area contributed by atoms with Gasteiger partial charge in [-0.15, -0.1) is 50.9 Å². The summed E-state index contributed by atoms with van der Waals surface area (Å²) in [7, 11) is 6.61. The number of hydrogen-bond acceptors (Lipinski definition) is 3. The van der Waals surface area contributed by atoms with Crippen LogP contribution in [0.3, 0.4) is 0 Å². The van der Waals surface area contributed by atoms with Gasteiger partial charge in [0.1, 0.15) is 6.54 Å². The average molecular weight is 814 g/mol. The SMILES string of the molecule is Br.Br.Br.CN(CC[N+](C)(C)Cc1ccc(C(=O)c2ccccc2)cc1)Cc1ccc(C(=O)c2ccccc2)cc1.[Br-]. The molecule has 0 saturated heterocycles. The summed E-state index contributed by atoms with van der Waals surface area (Å²) in [6, 6.07) is 34.7. The number of carbonyl (C=O) groups is 2. The first-order valence-corrected chi connectivity index (χ1v) is 12.7. The molecule has 8 heteroatoms. The number of halogens is 4. The second-order valence-corrected chi connectivity index (χ2v) is 10.3. The lowest BCUT2D eigenvalue weighted by Crippen LogP contribution is -3.00. The van der Waals surface area contributed by atoms with E-state index in [0.717, 1.165) is 36.2 Å². The Morgan fingerprint density at radius 1 is 0.585 bits per heavy atom. The van der Waals surface area contributed by atoms with Gasteiger partial charge in [0.25, 0.3) is 0 Å². The number of ketones is 2. The Labute approximate surface area is 286 Å². The van der Waals surface area contributed by atoms with Crippen LogP contribution in [-0.4, -0.2) is 55.2 Å². The molecule has 4 nitrogen and oxygen atoms in total. The minimum Gasteiger partial charge on any atom is -1.00 e. The molecule has 220 valence electrons. The number of nitrogens with zero attached hydrogens (tertiary/aromatic N) is 2. The van der Waals surface area contributed by atoms with Crippen LogP contribution in [0.25, 0.3) is 0 Å². The highest BCUT2D eigenvalue weighted by atomic mass is 79.9. The lowest BCUT2D eigenvalue weighted by molar-refractivity contribution is -0.903. The van der Waals surface area contributed by atoms with Gasteiger partial charge in [-0.2, -0.15) is 0 Å². The summed E-state index contributed by atoms with van der Waals surface area (Å²) in [5.74, 6) is 0.108. The monoisotopic (exact) mass is 810 g/mol. The van der Waals surface area contributed by atoms with Crippen molar-refractivity contribution in [2.75, 3.05) is 34.2 Å². The van der Waals surface area contributed by atoms with Crippen molar-refractivity contribution in [3.05, 3.63) is 143 Å². The van der Waals surface area contributed by atoms with Crippen LogP contribution in [0.15, 0.2) is 109 Å². The second kappa shape index (κ2) is 18.6. The van der Waals surface area contributed by atoms with Crippen molar-refractivity contribution in [3.8, 4) is 0 Å². The van der Waals surface area contributed by atoms with Crippen LogP contribution < -0.4 is 17.0 Å². The summed E-state index contributed by atoms with van der Waals surface area (Å²) in [6.45, 7) is 3.66. The highest BCUT2D eigenvalue weighted by molar-refractivity contribution is 8.93. The van der Waals surface area contributed by atoms with Gasteiger partial charge in [0.2, 0.25) is 0 Å². The normalized spacial score (nSPS) is 10.3. The molecule has 0 aliphatic heterocycles. The van der Waals surface area contributed by atoms with Gasteiger partial charge in [-0.3, -0.25) is 14.5 Å². The molecule has 0 aromatic heterocycles. The first kappa shape index (κ1) is 39.1. The number of likely N-dealkylation sites (N-methyl/N-ethyl adjacent to an activating group) is 2. The fraction of sp³-hybridized carbons (Fsp3) is 0.212. The highest BCUT2D eigenvalue weighted by Gasteiger charge is 2.18. The Hall–Kier alpha value is -1.94. The summed E-state index contributed by atoms with van der Waals surface area (Å²) < 4.78 is 0.848. The van der Waals surface area contributed by atoms with E-state index in [2.05, 4.69) is 38.2 Å². The van der Waals surface area contributed by atoms with Crippen LogP contribution >= 0.6 is 50.9 Å². The van der Waals surface area contributed by atoms with E-state index >= 15 is 0 Å². The third-order valence-electron chi connectivity index (χ3n) is 6.65. The topological polar surface area (TPSA) is 37.4 Å². The molecule has 0 heterocycles. The summed E-state index contributed by atoms with van der Waals surface area (Å²) in [4.78, 5) is 27.6. The average Bonchev–Trinajstić information content (AvgIpc) is 2.93. The minimum atomic E-state index is 0. The zero-order chi connectivity index (χ0) is 26.3. The molecule has 4 aromatic carbocycles. The maximum Gasteiger partial charge on any atom is 0.193 e. The number of benzene rings is 4. The molecule has 0 fully saturated rings. The number of quaternary nitrogens is 1. The Bertz CT molecular complexity index is 1330. The Kier molecular flexibility index (Phi) is 17.7. The fourth-order valence-electron chi connectivity index (χ4n) is 4.44. The Balaban J connectivity index is 0.00000400. The molecule has 0 unspecified atom stereocenters. The van der Waals surface area contributed by atoms with Gasteiger partial charge in [-0.05, 0) is 12.6 Å². The van der Waals surface area contributed by atoms with Crippen molar-refractivity contribution in [1.29, 1.82) is 0 Å². The number of hydrogen-bond donors (Lipinski definition) is 0. The number of rotatable bonds is 11. The Morgan fingerprint density at radius 2 is 0.951 bits per heavy atom. The fourth-order valence-corrected chi connectivity index (χ4v) is 4.44. The van der Waals surface area contributed by atoms with Crippen molar-refractivity contribution in [2.45, 2.75) is 13.1 Å². The van der Waals surface area contributed by atoms with Gasteiger partial charge in [-0.25, -0.2) is 0 Å². The predicted molar refractivity (Wildman–Crippen MR) is 181 cm³/mol. The van der Waals surface area contributed by atoms with Crippen LogP contribution in [0.2, 0.25) is 0 Å². The van der Waals surface area contributed by atoms with Crippen molar-refractivity contribution < 1.29 is 31.1 Å². The zero-order valence-corrected chi connectivity index (χ0v) is 30.3. The van der Waals surface area contributed by atoms with Gasteiger partial charge in [-0.1, -0.05) is 109 Å². The molecule has 0 bridgehead atoms. The smallest absolute Gasteiger partial charge is 0.193 e. The van der Waals surface area contributed by atoms with Gasteiger partial charge >= 0.3 is 0 Å². The van der Waals surface area contributed by atoms with E-state index in [1.807, 2.05) is 97.1 Å². The minimum absolute atomic E-state index is 0. The molecule has 0 saturated carbocycles. The molecule has 0 radical (unpaired) electrons. The molecule has 0 aliphatic carbocycles. The van der Waals surface area contributed by atoms with E-state index in [-0.39, 0.29) is 79.5 Å². The zero-order valence-electron chi connectivity index (χ0n) is 23.5. The summed E-state index contributed by atoms with van der Waals surface area (Å²) in [6.07, 6.45) is 0. The van der Waals surface area contributed by atoms with Gasteiger partial charge in [0, 0.05) is 40.9 Å². The predicted octanol–water partition coefficient (Wildman–Crippen LogP) is 4.59. The third-order valence-corrected chi connectivity index (χ3v) is 6.65. The van der Waals surface area contributed by atoms with Crippen molar-refractivity contribution in [3.63, 3.8) is 0 Å². The van der Waals surface area contributed by atoms with Crippen molar-refractivity contribution >= 4 is 62.5 Å². The van der Waals surface area contributed by atoms with Crippen LogP contribution in [-0.2, 0) is 13.1 Å². The van der Waals surface area contributed by atoms with E-state index in [4.69, 9.17) is 0 Å². The molecule has 4 rings (SSSR count). The van der Waals surface area contributed by atoms with E-state index in [9.17, 15) is 9.59 Å². The van der Waals surface area contributed by atoms with Gasteiger partial charge in [0.15, 0.2) is 11.6 Å². The first-order chi connectivity index (χ1) is 17.8. The lowest BCUT2D eigenvalue weighted by atomic mass is 10.0. The first-order valence-electron chi connectivity index (χ1n) is 12.7. The highest BCUT2D eigenvalue weighted by Crippen LogP contribution is 2.16. The lowest BCUT2D eigenvalue weighted by Gasteiger charge is -2.32. The van der Waals surface area contributed by atoms with E-state index in [1.54, 1.807) is 0 Å². The molecule has 4 aromatic rings. The molecule has 0 spiro atoms. The molecular weight excluding hydrogens is 776 g/mol. The van der Waals surface area contributed by atoms with Crippen LogP contribution in [0, 0.1) is 0 Å². The molecule has 0 atom stereocenters. The second-order valence-electron chi connectivity index (χ2n) is 10.3. The third kappa shape index (κ3) is 11.7.